The van der Waals surface area contributed by atoms with Crippen molar-refractivity contribution in [2.24, 2.45) is 0 Å². The summed E-state index contributed by atoms with van der Waals surface area (Å²) in [4.78, 5) is 3.22. The maximum absolute atomic E-state index is 14.7. The molecule has 4 aromatic rings. The van der Waals surface area contributed by atoms with E-state index in [1.54, 1.807) is 28.8 Å². The molecular formula is C22H11F2N5. The quantitative estimate of drug-likeness (QED) is 0.451. The summed E-state index contributed by atoms with van der Waals surface area (Å²) >= 11 is 0. The van der Waals surface area contributed by atoms with E-state index in [-0.39, 0.29) is 34.0 Å². The van der Waals surface area contributed by atoms with Crippen molar-refractivity contribution in [1.29, 1.82) is 5.26 Å². The van der Waals surface area contributed by atoms with E-state index in [1.807, 2.05) is 12.1 Å². The number of nitrogens with zero attached hydrogens (tertiary/aromatic N) is 5. The van der Waals surface area contributed by atoms with Crippen LogP contribution >= 0.6 is 0 Å². The first kappa shape index (κ1) is 18.0. The zero-order chi connectivity index (χ0) is 20.4. The second kappa shape index (κ2) is 7.34. The molecule has 0 spiro atoms. The SMILES string of the molecule is [C-]#[N+]c1ccc(-c2nnc(-c3ccc(C#N)cc3F)n2-c2ccccc2)c(F)c1. The van der Waals surface area contributed by atoms with Gasteiger partial charge in [0.05, 0.1) is 29.3 Å². The molecule has 1 aromatic heterocycles. The molecule has 0 fully saturated rings. The fourth-order valence-corrected chi connectivity index (χ4v) is 2.98. The van der Waals surface area contributed by atoms with Gasteiger partial charge in [-0.25, -0.2) is 13.6 Å². The zero-order valence-electron chi connectivity index (χ0n) is 14.8. The minimum atomic E-state index is -0.635. The van der Waals surface area contributed by atoms with Crippen molar-refractivity contribution in [2.45, 2.75) is 0 Å². The van der Waals surface area contributed by atoms with Crippen LogP contribution in [0.25, 0.3) is 33.3 Å². The van der Waals surface area contributed by atoms with Gasteiger partial charge in [-0.3, -0.25) is 4.57 Å². The lowest BCUT2D eigenvalue weighted by Gasteiger charge is -2.12. The minimum absolute atomic E-state index is 0.129. The molecule has 0 aliphatic heterocycles. The average Bonchev–Trinajstić information content (AvgIpc) is 3.18. The highest BCUT2D eigenvalue weighted by Crippen LogP contribution is 2.32. The smallest absolute Gasteiger partial charge is 0.190 e. The molecule has 0 saturated heterocycles. The summed E-state index contributed by atoms with van der Waals surface area (Å²) in [6.45, 7) is 7.03. The van der Waals surface area contributed by atoms with Gasteiger partial charge in [0.25, 0.3) is 0 Å². The Morgan fingerprint density at radius 1 is 0.862 bits per heavy atom. The van der Waals surface area contributed by atoms with Crippen LogP contribution in [0.1, 0.15) is 5.56 Å². The predicted octanol–water partition coefficient (Wildman–Crippen LogP) is 5.30. The number of hydrogen-bond donors (Lipinski definition) is 0. The highest BCUT2D eigenvalue weighted by atomic mass is 19.1. The number of para-hydroxylation sites is 1. The Hall–Kier alpha value is -4.36. The molecule has 0 unspecified atom stereocenters. The van der Waals surface area contributed by atoms with Crippen LogP contribution in [0.5, 0.6) is 0 Å². The van der Waals surface area contributed by atoms with Gasteiger partial charge >= 0.3 is 0 Å². The Kier molecular flexibility index (Phi) is 4.56. The number of halogens is 2. The van der Waals surface area contributed by atoms with Crippen LogP contribution in [0.3, 0.4) is 0 Å². The van der Waals surface area contributed by atoms with Gasteiger partial charge in [0.1, 0.15) is 11.6 Å². The van der Waals surface area contributed by atoms with Crippen LogP contribution in [-0.4, -0.2) is 14.8 Å². The third-order valence-corrected chi connectivity index (χ3v) is 4.34. The van der Waals surface area contributed by atoms with Gasteiger partial charge in [0.15, 0.2) is 17.3 Å². The van der Waals surface area contributed by atoms with Gasteiger partial charge in [0, 0.05) is 5.69 Å². The van der Waals surface area contributed by atoms with E-state index in [4.69, 9.17) is 11.8 Å². The van der Waals surface area contributed by atoms with Crippen LogP contribution in [-0.2, 0) is 0 Å². The van der Waals surface area contributed by atoms with Crippen LogP contribution < -0.4 is 0 Å². The Balaban J connectivity index is 1.98. The zero-order valence-corrected chi connectivity index (χ0v) is 14.8. The second-order valence-corrected chi connectivity index (χ2v) is 6.10. The largest absolute Gasteiger partial charge is 0.275 e. The maximum atomic E-state index is 14.7. The molecular weight excluding hydrogens is 372 g/mol. The highest BCUT2D eigenvalue weighted by Gasteiger charge is 2.21. The molecule has 0 aliphatic carbocycles. The van der Waals surface area contributed by atoms with E-state index in [2.05, 4.69) is 15.0 Å². The average molecular weight is 383 g/mol. The van der Waals surface area contributed by atoms with Crippen LogP contribution in [0, 0.1) is 29.5 Å². The summed E-state index contributed by atoms with van der Waals surface area (Å²) < 4.78 is 30.9. The topological polar surface area (TPSA) is 58.9 Å². The van der Waals surface area contributed by atoms with Crippen molar-refractivity contribution < 1.29 is 8.78 Å². The first-order valence-corrected chi connectivity index (χ1v) is 8.50. The fraction of sp³-hybridized carbons (Fsp3) is 0. The highest BCUT2D eigenvalue weighted by molar-refractivity contribution is 5.69. The van der Waals surface area contributed by atoms with Crippen LogP contribution in [0.2, 0.25) is 0 Å². The lowest BCUT2D eigenvalue weighted by atomic mass is 10.1. The van der Waals surface area contributed by atoms with E-state index in [1.165, 1.54) is 24.3 Å². The van der Waals surface area contributed by atoms with Crippen molar-refractivity contribution in [3.63, 3.8) is 0 Å². The van der Waals surface area contributed by atoms with E-state index < -0.39 is 11.6 Å². The van der Waals surface area contributed by atoms with Crippen LogP contribution in [0.15, 0.2) is 66.7 Å². The molecule has 138 valence electrons. The molecule has 0 aliphatic rings. The summed E-state index contributed by atoms with van der Waals surface area (Å²) in [5.41, 5.74) is 1.21. The third-order valence-electron chi connectivity index (χ3n) is 4.34. The molecule has 0 radical (unpaired) electrons. The standard InChI is InChI=1S/C22H11F2N5/c1-26-15-8-10-18(20(24)12-15)22-28-27-21(29(22)16-5-3-2-4-6-16)17-9-7-14(13-25)11-19(17)23/h2-12H. The van der Waals surface area contributed by atoms with E-state index in [9.17, 15) is 8.78 Å². The van der Waals surface area contributed by atoms with Crippen LogP contribution in [0.4, 0.5) is 14.5 Å². The molecule has 0 amide bonds. The Morgan fingerprint density at radius 3 is 2.03 bits per heavy atom. The summed E-state index contributed by atoms with van der Waals surface area (Å²) in [5, 5.41) is 17.2. The second-order valence-electron chi connectivity index (χ2n) is 6.10. The normalized spacial score (nSPS) is 10.3. The van der Waals surface area contributed by atoms with Crippen molar-refractivity contribution >= 4 is 5.69 Å². The number of nitriles is 1. The first-order valence-electron chi connectivity index (χ1n) is 8.50. The lowest BCUT2D eigenvalue weighted by Crippen LogP contribution is -2.02. The summed E-state index contributed by atoms with van der Waals surface area (Å²) in [6, 6.07) is 18.9. The number of aromatic nitrogens is 3. The van der Waals surface area contributed by atoms with Crippen molar-refractivity contribution in [2.75, 3.05) is 0 Å². The molecule has 29 heavy (non-hydrogen) atoms. The molecule has 0 saturated carbocycles. The molecule has 7 heteroatoms. The Labute approximate surface area is 164 Å². The summed E-state index contributed by atoms with van der Waals surface area (Å²) in [5.74, 6) is -0.926. The van der Waals surface area contributed by atoms with Gasteiger partial charge in [-0.05, 0) is 36.4 Å². The van der Waals surface area contributed by atoms with Gasteiger partial charge in [-0.2, -0.15) is 5.26 Å². The van der Waals surface area contributed by atoms with Gasteiger partial charge < -0.3 is 0 Å². The minimum Gasteiger partial charge on any atom is -0.275 e. The number of rotatable bonds is 3. The summed E-state index contributed by atoms with van der Waals surface area (Å²) in [7, 11) is 0. The van der Waals surface area contributed by atoms with Crippen molar-refractivity contribution in [3.05, 3.63) is 95.3 Å². The monoisotopic (exact) mass is 383 g/mol. The van der Waals surface area contributed by atoms with E-state index in [0.29, 0.717) is 5.69 Å². The fourth-order valence-electron chi connectivity index (χ4n) is 2.98. The lowest BCUT2D eigenvalue weighted by molar-refractivity contribution is 0.628. The molecule has 0 N–H and O–H groups in total. The molecule has 0 atom stereocenters. The molecule has 4 rings (SSSR count). The maximum Gasteiger partial charge on any atom is 0.190 e. The Bertz CT molecular complexity index is 1220. The number of hydrogen-bond acceptors (Lipinski definition) is 3. The van der Waals surface area contributed by atoms with E-state index in [0.717, 1.165) is 12.1 Å². The predicted molar refractivity (Wildman–Crippen MR) is 103 cm³/mol. The van der Waals surface area contributed by atoms with E-state index >= 15 is 0 Å². The molecule has 5 nitrogen and oxygen atoms in total. The molecule has 0 bridgehead atoms. The van der Waals surface area contributed by atoms with Gasteiger partial charge in [-0.15, -0.1) is 10.2 Å². The summed E-state index contributed by atoms with van der Waals surface area (Å²) in [6.07, 6.45) is 0. The Morgan fingerprint density at radius 2 is 1.48 bits per heavy atom. The molecule has 1 heterocycles. The van der Waals surface area contributed by atoms with Gasteiger partial charge in [0.2, 0.25) is 0 Å². The third kappa shape index (κ3) is 3.22. The van der Waals surface area contributed by atoms with Gasteiger partial charge in [-0.1, -0.05) is 30.3 Å². The number of benzene rings is 3. The first-order chi connectivity index (χ1) is 14.1. The molecule has 3 aromatic carbocycles. The van der Waals surface area contributed by atoms with Crippen molar-refractivity contribution in [1.82, 2.24) is 14.8 Å². The van der Waals surface area contributed by atoms with Crippen molar-refractivity contribution in [3.8, 4) is 34.5 Å².